The molecule has 2 heterocycles. The van der Waals surface area contributed by atoms with Crippen molar-refractivity contribution < 1.29 is 14.4 Å². The molecule has 2 aromatic rings. The van der Waals surface area contributed by atoms with E-state index in [0.29, 0.717) is 31.9 Å². The molecule has 1 aliphatic heterocycles. The first-order valence-corrected chi connectivity index (χ1v) is 12.7. The zero-order chi connectivity index (χ0) is 26.3. The van der Waals surface area contributed by atoms with Gasteiger partial charge in [-0.05, 0) is 44.2 Å². The Morgan fingerprint density at radius 3 is 2.56 bits per heavy atom. The molecular weight excluding hydrogens is 456 g/mol. The number of amides is 3. The lowest BCUT2D eigenvalue weighted by molar-refractivity contribution is -0.140. The average Bonchev–Trinajstić information content (AvgIpc) is 3.56. The van der Waals surface area contributed by atoms with Gasteiger partial charge in [-0.2, -0.15) is 0 Å². The fourth-order valence-electron chi connectivity index (χ4n) is 4.50. The lowest BCUT2D eigenvalue weighted by atomic mass is 9.85. The van der Waals surface area contributed by atoms with Crippen LogP contribution in [-0.4, -0.2) is 82.3 Å². The first-order valence-electron chi connectivity index (χ1n) is 12.7. The molecule has 0 saturated carbocycles. The Morgan fingerprint density at radius 2 is 1.94 bits per heavy atom. The average molecular weight is 497 g/mol. The van der Waals surface area contributed by atoms with Gasteiger partial charge in [-0.3, -0.25) is 14.4 Å². The summed E-state index contributed by atoms with van der Waals surface area (Å²) in [6, 6.07) is 8.83. The third-order valence-electron chi connectivity index (χ3n) is 6.82. The van der Waals surface area contributed by atoms with E-state index in [4.69, 9.17) is 0 Å². The summed E-state index contributed by atoms with van der Waals surface area (Å²) in [4.78, 5) is 50.4. The van der Waals surface area contributed by atoms with Crippen LogP contribution in [0.15, 0.2) is 42.7 Å². The number of nitrogens with one attached hydrogen (secondary N) is 3. The lowest BCUT2D eigenvalue weighted by Gasteiger charge is -2.37. The number of hydrogen-bond acceptors (Lipinski definition) is 5. The summed E-state index contributed by atoms with van der Waals surface area (Å²) in [6.45, 7) is 9.17. The van der Waals surface area contributed by atoms with Crippen LogP contribution < -0.4 is 10.6 Å². The molecule has 1 aliphatic rings. The van der Waals surface area contributed by atoms with Crippen LogP contribution in [0.25, 0.3) is 0 Å². The molecule has 1 saturated heterocycles. The number of H-pyrrole nitrogens is 1. The zero-order valence-corrected chi connectivity index (χ0v) is 22.1. The minimum Gasteiger partial charge on any atom is -0.342 e. The van der Waals surface area contributed by atoms with Crippen LogP contribution in [0, 0.1) is 5.41 Å². The van der Waals surface area contributed by atoms with Gasteiger partial charge in [0.05, 0.1) is 6.04 Å². The Hall–Kier alpha value is -3.20. The van der Waals surface area contributed by atoms with Crippen LogP contribution in [0.2, 0.25) is 0 Å². The molecule has 0 aliphatic carbocycles. The van der Waals surface area contributed by atoms with Crippen LogP contribution in [0.1, 0.15) is 56.7 Å². The quantitative estimate of drug-likeness (QED) is 0.467. The summed E-state index contributed by atoms with van der Waals surface area (Å²) in [7, 11) is 1.72. The molecule has 9 nitrogen and oxygen atoms in total. The molecule has 3 rings (SSSR count). The first kappa shape index (κ1) is 27.4. The highest BCUT2D eigenvalue weighted by Crippen LogP contribution is 2.26. The second kappa shape index (κ2) is 12.2. The van der Waals surface area contributed by atoms with Crippen molar-refractivity contribution in [3.05, 3.63) is 54.1 Å². The molecular formula is C27H40N6O3. The number of aromatic amines is 1. The van der Waals surface area contributed by atoms with Crippen molar-refractivity contribution in [1.82, 2.24) is 30.4 Å². The predicted molar refractivity (Wildman–Crippen MR) is 139 cm³/mol. The molecule has 9 heteroatoms. The second-order valence-electron chi connectivity index (χ2n) is 10.6. The van der Waals surface area contributed by atoms with Crippen molar-refractivity contribution in [2.24, 2.45) is 5.41 Å². The molecule has 36 heavy (non-hydrogen) atoms. The number of likely N-dealkylation sites (N-methyl/N-ethyl adjacent to an activating group) is 1. The number of imidazole rings is 1. The van der Waals surface area contributed by atoms with Crippen molar-refractivity contribution in [2.75, 3.05) is 26.7 Å². The summed E-state index contributed by atoms with van der Waals surface area (Å²) < 4.78 is 0. The number of nitrogens with zero attached hydrogens (tertiary/aromatic N) is 3. The topological polar surface area (TPSA) is 110 Å². The van der Waals surface area contributed by atoms with Gasteiger partial charge in [-0.15, -0.1) is 0 Å². The van der Waals surface area contributed by atoms with E-state index in [9.17, 15) is 14.4 Å². The van der Waals surface area contributed by atoms with Gasteiger partial charge in [-0.1, -0.05) is 51.1 Å². The van der Waals surface area contributed by atoms with Crippen molar-refractivity contribution >= 4 is 17.7 Å². The Morgan fingerprint density at radius 1 is 1.22 bits per heavy atom. The Labute approximate surface area is 214 Å². The number of carbonyl (C=O) groups is 3. The van der Waals surface area contributed by atoms with E-state index in [2.05, 4.69) is 20.6 Å². The molecule has 1 aromatic carbocycles. The molecule has 0 radical (unpaired) electrons. The fourth-order valence-corrected chi connectivity index (χ4v) is 4.50. The zero-order valence-electron chi connectivity index (χ0n) is 22.1. The number of benzene rings is 1. The van der Waals surface area contributed by atoms with E-state index in [-0.39, 0.29) is 23.8 Å². The Balaban J connectivity index is 1.78. The van der Waals surface area contributed by atoms with Gasteiger partial charge in [0.2, 0.25) is 11.8 Å². The minimum absolute atomic E-state index is 0.102. The molecule has 3 N–H and O–H groups in total. The lowest BCUT2D eigenvalue weighted by Crippen LogP contribution is -2.59. The van der Waals surface area contributed by atoms with Crippen LogP contribution in [0.4, 0.5) is 0 Å². The van der Waals surface area contributed by atoms with Crippen molar-refractivity contribution in [2.45, 2.75) is 65.1 Å². The maximum atomic E-state index is 13.8. The van der Waals surface area contributed by atoms with Crippen molar-refractivity contribution in [3.63, 3.8) is 0 Å². The molecule has 3 amide bonds. The number of carbonyl (C=O) groups excluding carboxylic acids is 3. The van der Waals surface area contributed by atoms with Gasteiger partial charge in [0.1, 0.15) is 6.04 Å². The monoisotopic (exact) mass is 496 g/mol. The minimum atomic E-state index is -0.667. The molecule has 0 unspecified atom stereocenters. The highest BCUT2D eigenvalue weighted by molar-refractivity contribution is 5.91. The predicted octanol–water partition coefficient (Wildman–Crippen LogP) is 2.22. The third kappa shape index (κ3) is 6.94. The van der Waals surface area contributed by atoms with Gasteiger partial charge in [0, 0.05) is 38.1 Å². The van der Waals surface area contributed by atoms with Crippen molar-refractivity contribution in [3.8, 4) is 0 Å². The number of hydrogen-bond donors (Lipinski definition) is 3. The van der Waals surface area contributed by atoms with Crippen LogP contribution in [0.3, 0.4) is 0 Å². The third-order valence-corrected chi connectivity index (χ3v) is 6.82. The number of likely N-dealkylation sites (tertiary alicyclic amines) is 1. The van der Waals surface area contributed by atoms with Crippen LogP contribution in [-0.2, 0) is 16.0 Å². The summed E-state index contributed by atoms with van der Waals surface area (Å²) >= 11 is 0. The maximum Gasteiger partial charge on any atom is 0.289 e. The van der Waals surface area contributed by atoms with E-state index in [0.717, 1.165) is 18.4 Å². The molecule has 1 fully saturated rings. The van der Waals surface area contributed by atoms with Crippen molar-refractivity contribution in [1.29, 1.82) is 0 Å². The SMILES string of the molecule is CN[C@@H](C)C(=O)N[C@H](C(=O)N1CCC[C@H]1CN(CCc1ccccc1)C(=O)c1ncc[nH]1)C(C)(C)C. The fraction of sp³-hybridized carbons (Fsp3) is 0.556. The summed E-state index contributed by atoms with van der Waals surface area (Å²) in [6.07, 6.45) is 5.57. The highest BCUT2D eigenvalue weighted by atomic mass is 16.2. The van der Waals surface area contributed by atoms with Gasteiger partial charge in [0.15, 0.2) is 5.82 Å². The Kier molecular flexibility index (Phi) is 9.25. The largest absolute Gasteiger partial charge is 0.342 e. The number of aromatic nitrogens is 2. The molecule has 0 bridgehead atoms. The molecule has 1 aromatic heterocycles. The normalized spacial score (nSPS) is 17.5. The Bertz CT molecular complexity index is 1000. The van der Waals surface area contributed by atoms with Gasteiger partial charge >= 0.3 is 0 Å². The summed E-state index contributed by atoms with van der Waals surface area (Å²) in [5, 5.41) is 5.89. The maximum absolute atomic E-state index is 13.8. The molecule has 196 valence electrons. The van der Waals surface area contributed by atoms with Gasteiger partial charge < -0.3 is 25.4 Å². The van der Waals surface area contributed by atoms with Crippen LogP contribution in [0.5, 0.6) is 0 Å². The van der Waals surface area contributed by atoms with E-state index in [1.165, 1.54) is 0 Å². The van der Waals surface area contributed by atoms with Gasteiger partial charge in [-0.25, -0.2) is 4.98 Å². The smallest absolute Gasteiger partial charge is 0.289 e. The highest BCUT2D eigenvalue weighted by Gasteiger charge is 2.40. The summed E-state index contributed by atoms with van der Waals surface area (Å²) in [5.74, 6) is -0.201. The summed E-state index contributed by atoms with van der Waals surface area (Å²) in [5.41, 5.74) is 0.674. The second-order valence-corrected chi connectivity index (χ2v) is 10.6. The standard InChI is InChI=1S/C27H40N6O3/c1-19(28-5)24(34)31-22(27(2,3)4)25(35)33-16-9-12-21(33)18-32(26(36)23-29-14-15-30-23)17-13-20-10-7-6-8-11-20/h6-8,10-11,14-15,19,21-22,28H,9,12-13,16-18H2,1-5H3,(H,29,30)(H,31,34)/t19-,21-,22+/m0/s1. The van der Waals surface area contributed by atoms with Gasteiger partial charge in [0.25, 0.3) is 5.91 Å². The molecule has 3 atom stereocenters. The van der Waals surface area contributed by atoms with E-state index in [1.807, 2.05) is 56.0 Å². The first-order chi connectivity index (χ1) is 17.1. The van der Waals surface area contributed by atoms with Crippen LogP contribution >= 0.6 is 0 Å². The molecule has 0 spiro atoms. The van der Waals surface area contributed by atoms with E-state index >= 15 is 0 Å². The van der Waals surface area contributed by atoms with E-state index in [1.54, 1.807) is 31.3 Å². The number of rotatable bonds is 10. The van der Waals surface area contributed by atoms with E-state index < -0.39 is 17.5 Å².